The van der Waals surface area contributed by atoms with Crippen LogP contribution in [0.5, 0.6) is 0 Å². The highest BCUT2D eigenvalue weighted by Crippen LogP contribution is 2.27. The van der Waals surface area contributed by atoms with Crippen molar-refractivity contribution in [2.75, 3.05) is 20.3 Å². The standard InChI is InChI=1S/C16H20N4O4/c1-18-13-11(14(21)19(2)16(18)23)6-7-12(17-13)15(22)20(8-9-24-3)10-4-5-10/h6-7,10H,4-5,8-9H2,1-3H3. The number of hydrogen-bond acceptors (Lipinski definition) is 5. The molecule has 2 aromatic heterocycles. The Kier molecular flexibility index (Phi) is 4.23. The van der Waals surface area contributed by atoms with Crippen LogP contribution >= 0.6 is 0 Å². The van der Waals surface area contributed by atoms with Crippen LogP contribution < -0.4 is 11.2 Å². The molecule has 0 radical (unpaired) electrons. The van der Waals surface area contributed by atoms with E-state index in [-0.39, 0.29) is 23.3 Å². The van der Waals surface area contributed by atoms with E-state index in [2.05, 4.69) is 4.98 Å². The molecule has 8 nitrogen and oxygen atoms in total. The van der Waals surface area contributed by atoms with Gasteiger partial charge in [-0.25, -0.2) is 9.78 Å². The summed E-state index contributed by atoms with van der Waals surface area (Å²) in [5.74, 6) is -0.204. The fourth-order valence-electron chi connectivity index (χ4n) is 2.75. The van der Waals surface area contributed by atoms with Crippen molar-refractivity contribution in [1.29, 1.82) is 0 Å². The van der Waals surface area contributed by atoms with E-state index in [4.69, 9.17) is 4.74 Å². The molecule has 0 spiro atoms. The monoisotopic (exact) mass is 332 g/mol. The summed E-state index contributed by atoms with van der Waals surface area (Å²) >= 11 is 0. The maximum atomic E-state index is 12.8. The van der Waals surface area contributed by atoms with Crippen molar-refractivity contribution in [2.24, 2.45) is 14.1 Å². The van der Waals surface area contributed by atoms with Crippen molar-refractivity contribution in [1.82, 2.24) is 19.0 Å². The van der Waals surface area contributed by atoms with E-state index in [9.17, 15) is 14.4 Å². The van der Waals surface area contributed by atoms with E-state index in [0.717, 1.165) is 17.4 Å². The zero-order valence-corrected chi connectivity index (χ0v) is 14.0. The van der Waals surface area contributed by atoms with Crippen molar-refractivity contribution >= 4 is 16.9 Å². The molecular formula is C16H20N4O4. The van der Waals surface area contributed by atoms with Gasteiger partial charge in [0.15, 0.2) is 0 Å². The first-order valence-corrected chi connectivity index (χ1v) is 7.82. The maximum Gasteiger partial charge on any atom is 0.332 e. The molecule has 24 heavy (non-hydrogen) atoms. The summed E-state index contributed by atoms with van der Waals surface area (Å²) in [7, 11) is 4.55. The number of rotatable bonds is 5. The van der Waals surface area contributed by atoms with Crippen molar-refractivity contribution in [2.45, 2.75) is 18.9 Å². The van der Waals surface area contributed by atoms with Crippen LogP contribution in [0.25, 0.3) is 11.0 Å². The van der Waals surface area contributed by atoms with Gasteiger partial charge in [-0.15, -0.1) is 0 Å². The van der Waals surface area contributed by atoms with Gasteiger partial charge in [-0.2, -0.15) is 0 Å². The number of nitrogens with zero attached hydrogens (tertiary/aromatic N) is 4. The molecule has 0 unspecified atom stereocenters. The van der Waals surface area contributed by atoms with Crippen LogP contribution in [-0.4, -0.2) is 51.2 Å². The van der Waals surface area contributed by atoms with Gasteiger partial charge in [-0.3, -0.25) is 18.7 Å². The molecule has 0 saturated heterocycles. The number of carbonyl (C=O) groups is 1. The number of aromatic nitrogens is 3. The van der Waals surface area contributed by atoms with E-state index >= 15 is 0 Å². The summed E-state index contributed by atoms with van der Waals surface area (Å²) in [5.41, 5.74) is -0.439. The third-order valence-electron chi connectivity index (χ3n) is 4.31. The van der Waals surface area contributed by atoms with Crippen LogP contribution in [0.15, 0.2) is 21.7 Å². The highest BCUT2D eigenvalue weighted by Gasteiger charge is 2.33. The van der Waals surface area contributed by atoms with Gasteiger partial charge in [0.25, 0.3) is 11.5 Å². The second kappa shape index (κ2) is 6.20. The van der Waals surface area contributed by atoms with Crippen LogP contribution in [0.2, 0.25) is 0 Å². The second-order valence-corrected chi connectivity index (χ2v) is 6.00. The molecule has 1 aliphatic carbocycles. The molecule has 1 amide bonds. The van der Waals surface area contributed by atoms with Gasteiger partial charge < -0.3 is 9.64 Å². The van der Waals surface area contributed by atoms with Gasteiger partial charge in [0.05, 0.1) is 12.0 Å². The first-order valence-electron chi connectivity index (χ1n) is 7.82. The third kappa shape index (κ3) is 2.73. The molecule has 1 fully saturated rings. The normalized spacial score (nSPS) is 14.1. The summed E-state index contributed by atoms with van der Waals surface area (Å²) in [6.07, 6.45) is 1.95. The number of fused-ring (bicyclic) bond motifs is 1. The predicted octanol–water partition coefficient (Wildman–Crippen LogP) is -0.117. The average Bonchev–Trinajstić information content (AvgIpc) is 3.42. The van der Waals surface area contributed by atoms with Gasteiger partial charge in [-0.1, -0.05) is 0 Å². The van der Waals surface area contributed by atoms with Crippen LogP contribution in [0.4, 0.5) is 0 Å². The molecule has 1 aliphatic rings. The minimum atomic E-state index is -0.469. The molecule has 3 rings (SSSR count). The number of amides is 1. The number of hydrogen-bond donors (Lipinski definition) is 0. The number of carbonyl (C=O) groups excluding carboxylic acids is 1. The fraction of sp³-hybridized carbons (Fsp3) is 0.500. The van der Waals surface area contributed by atoms with Crippen molar-refractivity contribution in [3.05, 3.63) is 38.7 Å². The zero-order valence-electron chi connectivity index (χ0n) is 14.0. The molecule has 0 aromatic carbocycles. The first-order chi connectivity index (χ1) is 11.5. The highest BCUT2D eigenvalue weighted by molar-refractivity contribution is 5.94. The number of methoxy groups -OCH3 is 1. The van der Waals surface area contributed by atoms with E-state index in [1.807, 2.05) is 0 Å². The Balaban J connectivity index is 2.05. The Morgan fingerprint density at radius 1 is 1.29 bits per heavy atom. The fourth-order valence-corrected chi connectivity index (χ4v) is 2.75. The second-order valence-electron chi connectivity index (χ2n) is 6.00. The van der Waals surface area contributed by atoms with Gasteiger partial charge in [0, 0.05) is 33.8 Å². The van der Waals surface area contributed by atoms with Crippen molar-refractivity contribution in [3.63, 3.8) is 0 Å². The SMILES string of the molecule is COCCN(C(=O)c1ccc2c(=O)n(C)c(=O)n(C)c2n1)C1CC1. The zero-order chi connectivity index (χ0) is 17.4. The third-order valence-corrected chi connectivity index (χ3v) is 4.31. The summed E-state index contributed by atoms with van der Waals surface area (Å²) in [6.45, 7) is 0.948. The molecule has 0 bridgehead atoms. The Morgan fingerprint density at radius 3 is 2.62 bits per heavy atom. The lowest BCUT2D eigenvalue weighted by atomic mass is 10.2. The molecule has 2 aromatic rings. The Bertz CT molecular complexity index is 911. The lowest BCUT2D eigenvalue weighted by molar-refractivity contribution is 0.0674. The summed E-state index contributed by atoms with van der Waals surface area (Å²) in [6, 6.07) is 3.31. The van der Waals surface area contributed by atoms with E-state index < -0.39 is 11.2 Å². The number of ether oxygens (including phenoxy) is 1. The lowest BCUT2D eigenvalue weighted by Crippen LogP contribution is -2.38. The molecule has 0 N–H and O–H groups in total. The molecule has 128 valence electrons. The van der Waals surface area contributed by atoms with Gasteiger partial charge in [-0.05, 0) is 25.0 Å². The van der Waals surface area contributed by atoms with Gasteiger partial charge >= 0.3 is 5.69 Å². The highest BCUT2D eigenvalue weighted by atomic mass is 16.5. The van der Waals surface area contributed by atoms with E-state index in [0.29, 0.717) is 18.5 Å². The summed E-state index contributed by atoms with van der Waals surface area (Å²) in [5, 5.41) is 0.311. The quantitative estimate of drug-likeness (QED) is 0.762. The predicted molar refractivity (Wildman–Crippen MR) is 88.2 cm³/mol. The summed E-state index contributed by atoms with van der Waals surface area (Å²) in [4.78, 5) is 43.0. The van der Waals surface area contributed by atoms with Crippen LogP contribution in [0, 0.1) is 0 Å². The minimum Gasteiger partial charge on any atom is -0.383 e. The van der Waals surface area contributed by atoms with Crippen molar-refractivity contribution < 1.29 is 9.53 Å². The van der Waals surface area contributed by atoms with Gasteiger partial charge in [0.1, 0.15) is 11.3 Å². The van der Waals surface area contributed by atoms with Crippen LogP contribution in [-0.2, 0) is 18.8 Å². The number of aryl methyl sites for hydroxylation is 1. The van der Waals surface area contributed by atoms with E-state index in [1.165, 1.54) is 18.7 Å². The van der Waals surface area contributed by atoms with E-state index in [1.54, 1.807) is 24.1 Å². The largest absolute Gasteiger partial charge is 0.383 e. The Hall–Kier alpha value is -2.48. The van der Waals surface area contributed by atoms with Gasteiger partial charge in [0.2, 0.25) is 0 Å². The molecule has 1 saturated carbocycles. The van der Waals surface area contributed by atoms with Crippen LogP contribution in [0.1, 0.15) is 23.3 Å². The van der Waals surface area contributed by atoms with Crippen molar-refractivity contribution in [3.8, 4) is 0 Å². The lowest BCUT2D eigenvalue weighted by Gasteiger charge is -2.21. The summed E-state index contributed by atoms with van der Waals surface area (Å²) < 4.78 is 7.38. The molecule has 0 aliphatic heterocycles. The maximum absolute atomic E-state index is 12.8. The minimum absolute atomic E-state index is 0.204. The smallest absolute Gasteiger partial charge is 0.332 e. The number of pyridine rings is 1. The average molecular weight is 332 g/mol. The Labute approximate surface area is 138 Å². The molecular weight excluding hydrogens is 312 g/mol. The first kappa shape index (κ1) is 16.4. The molecule has 2 heterocycles. The Morgan fingerprint density at radius 2 is 2.00 bits per heavy atom. The topological polar surface area (TPSA) is 86.4 Å². The molecule has 8 heteroatoms. The van der Waals surface area contributed by atoms with Crippen LogP contribution in [0.3, 0.4) is 0 Å². The molecule has 0 atom stereocenters.